The molecule has 0 fully saturated rings. The quantitative estimate of drug-likeness (QED) is 0.849. The van der Waals surface area contributed by atoms with Crippen LogP contribution >= 0.6 is 11.6 Å². The van der Waals surface area contributed by atoms with Crippen LogP contribution in [-0.4, -0.2) is 6.03 Å². The summed E-state index contributed by atoms with van der Waals surface area (Å²) >= 11 is 5.75. The molecule has 0 aromatic heterocycles. The zero-order valence-corrected chi connectivity index (χ0v) is 10.3. The molecule has 0 aliphatic carbocycles. The summed E-state index contributed by atoms with van der Waals surface area (Å²) in [4.78, 5) is 11.6. The van der Waals surface area contributed by atoms with Crippen molar-refractivity contribution in [3.8, 4) is 0 Å². The van der Waals surface area contributed by atoms with Crippen molar-refractivity contribution in [2.24, 2.45) is 0 Å². The Labute approximate surface area is 113 Å². The van der Waals surface area contributed by atoms with Crippen molar-refractivity contribution in [3.63, 3.8) is 0 Å². The molecule has 0 aliphatic rings. The van der Waals surface area contributed by atoms with Crippen LogP contribution in [0.5, 0.6) is 0 Å². The number of carbonyl (C=O) groups is 1. The molecule has 0 bridgehead atoms. The first-order valence-corrected chi connectivity index (χ1v) is 5.71. The van der Waals surface area contributed by atoms with Gasteiger partial charge >= 0.3 is 6.03 Å². The van der Waals surface area contributed by atoms with Gasteiger partial charge in [-0.2, -0.15) is 0 Å². The molecule has 98 valence electrons. The monoisotopic (exact) mass is 282 g/mol. The second kappa shape index (κ2) is 5.67. The summed E-state index contributed by atoms with van der Waals surface area (Å²) in [7, 11) is 0. The molecule has 0 atom stereocenters. The number of benzene rings is 2. The van der Waals surface area contributed by atoms with E-state index in [1.807, 2.05) is 0 Å². The molecule has 2 rings (SSSR count). The molecule has 0 radical (unpaired) electrons. The third-order valence-electron chi connectivity index (χ3n) is 2.26. The minimum atomic E-state index is -0.720. The number of nitrogens with one attached hydrogen (secondary N) is 2. The molecule has 0 saturated heterocycles. The van der Waals surface area contributed by atoms with E-state index in [9.17, 15) is 13.6 Å². The van der Waals surface area contributed by atoms with Gasteiger partial charge in [-0.05, 0) is 30.3 Å². The largest absolute Gasteiger partial charge is 0.323 e. The van der Waals surface area contributed by atoms with Crippen LogP contribution < -0.4 is 10.6 Å². The fraction of sp³-hybridized carbons (Fsp3) is 0. The summed E-state index contributed by atoms with van der Waals surface area (Å²) in [6.45, 7) is 0. The van der Waals surface area contributed by atoms with Crippen LogP contribution in [0.25, 0.3) is 0 Å². The summed E-state index contributed by atoms with van der Waals surface area (Å²) in [5, 5.41) is 5.12. The third-order valence-corrected chi connectivity index (χ3v) is 2.49. The van der Waals surface area contributed by atoms with Gasteiger partial charge in [-0.3, -0.25) is 0 Å². The summed E-state index contributed by atoms with van der Waals surface area (Å²) in [6.07, 6.45) is 0. The van der Waals surface area contributed by atoms with Crippen molar-refractivity contribution < 1.29 is 13.6 Å². The number of rotatable bonds is 2. The topological polar surface area (TPSA) is 41.1 Å². The third kappa shape index (κ3) is 3.66. The molecule has 2 aromatic rings. The highest BCUT2D eigenvalue weighted by Crippen LogP contribution is 2.17. The predicted molar refractivity (Wildman–Crippen MR) is 70.5 cm³/mol. The van der Waals surface area contributed by atoms with Crippen LogP contribution in [0.15, 0.2) is 42.5 Å². The van der Waals surface area contributed by atoms with Crippen LogP contribution in [0.1, 0.15) is 0 Å². The highest BCUT2D eigenvalue weighted by molar-refractivity contribution is 6.30. The van der Waals surface area contributed by atoms with E-state index in [4.69, 9.17) is 11.6 Å². The summed E-state index contributed by atoms with van der Waals surface area (Å²) in [5.74, 6) is -1.36. The fourth-order valence-corrected chi connectivity index (χ4v) is 1.63. The van der Waals surface area contributed by atoms with E-state index < -0.39 is 17.7 Å². The van der Waals surface area contributed by atoms with Gasteiger partial charge < -0.3 is 10.6 Å². The maximum Gasteiger partial charge on any atom is 0.323 e. The lowest BCUT2D eigenvalue weighted by Crippen LogP contribution is -2.20. The van der Waals surface area contributed by atoms with E-state index in [0.717, 1.165) is 18.2 Å². The summed E-state index contributed by atoms with van der Waals surface area (Å²) in [5.41, 5.74) is 0.210. The van der Waals surface area contributed by atoms with Crippen molar-refractivity contribution >= 4 is 29.0 Å². The first kappa shape index (κ1) is 13.3. The first-order chi connectivity index (χ1) is 9.04. The number of anilines is 2. The lowest BCUT2D eigenvalue weighted by molar-refractivity contribution is 0.262. The van der Waals surface area contributed by atoms with Crippen LogP contribution in [0.2, 0.25) is 5.02 Å². The number of hydrogen-bond donors (Lipinski definition) is 2. The van der Waals surface area contributed by atoms with Gasteiger partial charge in [-0.1, -0.05) is 17.7 Å². The molecular weight excluding hydrogens is 274 g/mol. The molecule has 6 heteroatoms. The molecule has 19 heavy (non-hydrogen) atoms. The van der Waals surface area contributed by atoms with E-state index in [2.05, 4.69) is 10.6 Å². The van der Waals surface area contributed by atoms with Crippen molar-refractivity contribution in [3.05, 3.63) is 59.1 Å². The van der Waals surface area contributed by atoms with Crippen LogP contribution in [-0.2, 0) is 0 Å². The maximum absolute atomic E-state index is 13.3. The van der Waals surface area contributed by atoms with Gasteiger partial charge in [0.25, 0.3) is 0 Å². The smallest absolute Gasteiger partial charge is 0.308 e. The van der Waals surface area contributed by atoms with Crippen LogP contribution in [0, 0.1) is 11.6 Å². The van der Waals surface area contributed by atoms with Crippen molar-refractivity contribution in [2.45, 2.75) is 0 Å². The Morgan fingerprint density at radius 3 is 2.58 bits per heavy atom. The zero-order chi connectivity index (χ0) is 13.8. The van der Waals surface area contributed by atoms with Crippen LogP contribution in [0.4, 0.5) is 25.0 Å². The Balaban J connectivity index is 2.07. The number of urea groups is 1. The van der Waals surface area contributed by atoms with Gasteiger partial charge in [0.1, 0.15) is 11.6 Å². The molecule has 3 nitrogen and oxygen atoms in total. The van der Waals surface area contributed by atoms with E-state index in [1.54, 1.807) is 18.2 Å². The molecule has 0 aliphatic heterocycles. The SMILES string of the molecule is O=C(Nc1cccc(Cl)c1)Nc1cc(F)ccc1F. The van der Waals surface area contributed by atoms with Crippen molar-refractivity contribution in [1.82, 2.24) is 0 Å². The second-order valence-corrected chi connectivity index (χ2v) is 4.15. The fourth-order valence-electron chi connectivity index (χ4n) is 1.44. The molecule has 0 spiro atoms. The molecule has 2 amide bonds. The number of amides is 2. The van der Waals surface area contributed by atoms with Crippen LogP contribution in [0.3, 0.4) is 0 Å². The highest BCUT2D eigenvalue weighted by atomic mass is 35.5. The Kier molecular flexibility index (Phi) is 3.97. The number of hydrogen-bond acceptors (Lipinski definition) is 1. The van der Waals surface area contributed by atoms with Crippen molar-refractivity contribution in [1.29, 1.82) is 0 Å². The Bertz CT molecular complexity index is 619. The van der Waals surface area contributed by atoms with Gasteiger partial charge in [0.15, 0.2) is 0 Å². The summed E-state index contributed by atoms with van der Waals surface area (Å²) in [6, 6.07) is 8.56. The van der Waals surface area contributed by atoms with Gasteiger partial charge in [-0.15, -0.1) is 0 Å². The molecule has 2 N–H and O–H groups in total. The second-order valence-electron chi connectivity index (χ2n) is 3.71. The van der Waals surface area contributed by atoms with Crippen molar-refractivity contribution in [2.75, 3.05) is 10.6 Å². The maximum atomic E-state index is 13.3. The molecule has 0 unspecified atom stereocenters. The predicted octanol–water partition coefficient (Wildman–Crippen LogP) is 4.26. The summed E-state index contributed by atoms with van der Waals surface area (Å²) < 4.78 is 26.2. The van der Waals surface area contributed by atoms with E-state index in [-0.39, 0.29) is 5.69 Å². The Hall–Kier alpha value is -2.14. The zero-order valence-electron chi connectivity index (χ0n) is 9.58. The van der Waals surface area contributed by atoms with Gasteiger partial charge in [0.2, 0.25) is 0 Å². The normalized spacial score (nSPS) is 10.1. The lowest BCUT2D eigenvalue weighted by atomic mass is 10.3. The Morgan fingerprint density at radius 2 is 1.84 bits per heavy atom. The number of halogens is 3. The van der Waals surface area contributed by atoms with E-state index in [1.165, 1.54) is 6.07 Å². The standard InChI is InChI=1S/C13H9ClF2N2O/c14-8-2-1-3-10(6-8)17-13(19)18-12-7-9(15)4-5-11(12)16/h1-7H,(H2,17,18,19). The average molecular weight is 283 g/mol. The van der Waals surface area contributed by atoms with Gasteiger partial charge in [0.05, 0.1) is 5.69 Å². The van der Waals surface area contributed by atoms with Gasteiger partial charge in [0, 0.05) is 16.8 Å². The molecule has 0 saturated carbocycles. The lowest BCUT2D eigenvalue weighted by Gasteiger charge is -2.08. The molecular formula is C13H9ClF2N2O. The average Bonchev–Trinajstić information content (AvgIpc) is 2.34. The first-order valence-electron chi connectivity index (χ1n) is 5.33. The minimum Gasteiger partial charge on any atom is -0.308 e. The highest BCUT2D eigenvalue weighted by Gasteiger charge is 2.08. The Morgan fingerprint density at radius 1 is 1.05 bits per heavy atom. The van der Waals surface area contributed by atoms with Gasteiger partial charge in [-0.25, -0.2) is 13.6 Å². The molecule has 0 heterocycles. The number of carbonyl (C=O) groups excluding carboxylic acids is 1. The molecule has 2 aromatic carbocycles. The van der Waals surface area contributed by atoms with E-state index >= 15 is 0 Å². The minimum absolute atomic E-state index is 0.237. The van der Waals surface area contributed by atoms with E-state index in [0.29, 0.717) is 10.7 Å².